The highest BCUT2D eigenvalue weighted by atomic mass is 32.1. The van der Waals surface area contributed by atoms with E-state index in [9.17, 15) is 9.59 Å². The van der Waals surface area contributed by atoms with E-state index in [-0.39, 0.29) is 23.7 Å². The van der Waals surface area contributed by atoms with Crippen LogP contribution in [0.3, 0.4) is 0 Å². The van der Waals surface area contributed by atoms with Crippen molar-refractivity contribution in [2.24, 2.45) is 11.8 Å². The number of likely N-dealkylation sites (tertiary alicyclic amines) is 1. The Morgan fingerprint density at radius 1 is 1.07 bits per heavy atom. The number of carbonyl (C=O) groups is 2. The van der Waals surface area contributed by atoms with Gasteiger partial charge in [-0.3, -0.25) is 9.59 Å². The molecule has 2 aliphatic heterocycles. The van der Waals surface area contributed by atoms with Crippen LogP contribution in [0.2, 0.25) is 0 Å². The summed E-state index contributed by atoms with van der Waals surface area (Å²) >= 11 is 1.64. The molecule has 2 fully saturated rings. The molecule has 1 aliphatic carbocycles. The summed E-state index contributed by atoms with van der Waals surface area (Å²) in [4.78, 5) is 31.1. The summed E-state index contributed by atoms with van der Waals surface area (Å²) in [6, 6.07) is 9.75. The van der Waals surface area contributed by atoms with Crippen LogP contribution in [0.4, 0.5) is 5.69 Å². The molecule has 0 radical (unpaired) electrons. The fraction of sp³-hybridized carbons (Fsp3) is 0.478. The average molecular weight is 427 g/mol. The number of rotatable bonds is 5. The van der Waals surface area contributed by atoms with Gasteiger partial charge in [0, 0.05) is 35.6 Å². The second kappa shape index (κ2) is 8.30. The quantitative estimate of drug-likeness (QED) is 0.732. The topological polar surface area (TPSA) is 59.1 Å². The minimum Gasteiger partial charge on any atom is -0.486 e. The largest absolute Gasteiger partial charge is 0.486 e. The maximum Gasteiger partial charge on any atom is 0.232 e. The van der Waals surface area contributed by atoms with Gasteiger partial charge < -0.3 is 19.3 Å². The minimum absolute atomic E-state index is 0.0772. The normalized spacial score (nSPS) is 20.7. The van der Waals surface area contributed by atoms with E-state index < -0.39 is 0 Å². The maximum atomic E-state index is 13.7. The molecule has 1 unspecified atom stereocenters. The smallest absolute Gasteiger partial charge is 0.232 e. The molecule has 1 saturated heterocycles. The molecule has 7 heteroatoms. The van der Waals surface area contributed by atoms with E-state index in [4.69, 9.17) is 9.47 Å². The van der Waals surface area contributed by atoms with Crippen LogP contribution >= 0.6 is 11.3 Å². The van der Waals surface area contributed by atoms with Crippen molar-refractivity contribution in [3.63, 3.8) is 0 Å². The third-order valence-electron chi connectivity index (χ3n) is 6.01. The summed E-state index contributed by atoms with van der Waals surface area (Å²) in [5, 5.41) is 2.03. The summed E-state index contributed by atoms with van der Waals surface area (Å²) in [7, 11) is 0. The van der Waals surface area contributed by atoms with Crippen molar-refractivity contribution in [1.29, 1.82) is 0 Å². The van der Waals surface area contributed by atoms with Crippen molar-refractivity contribution >= 4 is 28.8 Å². The molecular formula is C23H26N2O4S. The summed E-state index contributed by atoms with van der Waals surface area (Å²) in [6.07, 6.45) is 3.69. The van der Waals surface area contributed by atoms with Crippen LogP contribution < -0.4 is 14.4 Å². The van der Waals surface area contributed by atoms with E-state index in [1.807, 2.05) is 45.5 Å². The van der Waals surface area contributed by atoms with E-state index in [1.165, 1.54) is 0 Å². The van der Waals surface area contributed by atoms with Gasteiger partial charge in [-0.1, -0.05) is 6.07 Å². The summed E-state index contributed by atoms with van der Waals surface area (Å²) in [5.74, 6) is 1.72. The van der Waals surface area contributed by atoms with Gasteiger partial charge in [0.25, 0.3) is 0 Å². The monoisotopic (exact) mass is 426 g/mol. The van der Waals surface area contributed by atoms with Gasteiger partial charge in [0.15, 0.2) is 11.5 Å². The van der Waals surface area contributed by atoms with Gasteiger partial charge in [-0.25, -0.2) is 0 Å². The van der Waals surface area contributed by atoms with Gasteiger partial charge in [-0.05, 0) is 49.3 Å². The number of nitrogens with zero attached hydrogens (tertiary/aromatic N) is 2. The lowest BCUT2D eigenvalue weighted by Crippen LogP contribution is -2.47. The second-order valence-corrected chi connectivity index (χ2v) is 9.26. The van der Waals surface area contributed by atoms with E-state index in [1.54, 1.807) is 11.3 Å². The van der Waals surface area contributed by atoms with E-state index >= 15 is 0 Å². The molecule has 2 amide bonds. The molecule has 3 aliphatic rings. The number of hydrogen-bond acceptors (Lipinski definition) is 5. The standard InChI is InChI=1S/C23H26N2O4S/c26-22(16-5-6-16)24-9-1-3-17(14-24)23(27)25(15-19-4-2-12-30-19)18-7-8-20-21(13-18)29-11-10-28-20/h2,4,7-8,12-13,16-17H,1,3,5-6,9-11,14-15H2. The first kappa shape index (κ1) is 19.4. The molecule has 30 heavy (non-hydrogen) atoms. The molecule has 5 rings (SSSR count). The van der Waals surface area contributed by atoms with Gasteiger partial charge in [0.05, 0.1) is 12.5 Å². The van der Waals surface area contributed by atoms with Crippen molar-refractivity contribution in [3.8, 4) is 11.5 Å². The number of ether oxygens (including phenoxy) is 2. The third kappa shape index (κ3) is 4.03. The SMILES string of the molecule is O=C(C1CC1)N1CCCC(C(=O)N(Cc2cccs2)c2ccc3c(c2)OCCO3)C1. The molecule has 6 nitrogen and oxygen atoms in total. The van der Waals surface area contributed by atoms with Gasteiger partial charge >= 0.3 is 0 Å². The van der Waals surface area contributed by atoms with Crippen molar-refractivity contribution in [1.82, 2.24) is 4.90 Å². The Bertz CT molecular complexity index is 925. The molecule has 1 aromatic carbocycles. The minimum atomic E-state index is -0.172. The zero-order valence-electron chi connectivity index (χ0n) is 16.9. The fourth-order valence-corrected chi connectivity index (χ4v) is 4.94. The first-order valence-electron chi connectivity index (χ1n) is 10.7. The molecule has 158 valence electrons. The first-order chi connectivity index (χ1) is 14.7. The Morgan fingerprint density at radius 3 is 2.67 bits per heavy atom. The van der Waals surface area contributed by atoms with Crippen molar-refractivity contribution in [3.05, 3.63) is 40.6 Å². The number of fused-ring (bicyclic) bond motifs is 1. The van der Waals surface area contributed by atoms with Gasteiger partial charge in [0.1, 0.15) is 13.2 Å². The molecule has 0 bridgehead atoms. The highest BCUT2D eigenvalue weighted by Crippen LogP contribution is 2.36. The van der Waals surface area contributed by atoms with Crippen molar-refractivity contribution < 1.29 is 19.1 Å². The first-order valence-corrected chi connectivity index (χ1v) is 11.6. The van der Waals surface area contributed by atoms with Crippen LogP contribution in [0.25, 0.3) is 0 Å². The molecule has 0 spiro atoms. The fourth-order valence-electron chi connectivity index (χ4n) is 4.24. The van der Waals surface area contributed by atoms with Crippen molar-refractivity contribution in [2.75, 3.05) is 31.2 Å². The van der Waals surface area contributed by atoms with Crippen LogP contribution in [0.1, 0.15) is 30.6 Å². The molecular weight excluding hydrogens is 400 g/mol. The van der Waals surface area contributed by atoms with E-state index in [0.717, 1.165) is 42.8 Å². The van der Waals surface area contributed by atoms with Gasteiger partial charge in [0.2, 0.25) is 11.8 Å². The van der Waals surface area contributed by atoms with Crippen LogP contribution in [0.15, 0.2) is 35.7 Å². The lowest BCUT2D eigenvalue weighted by atomic mass is 9.95. The number of piperidine rings is 1. The van der Waals surface area contributed by atoms with Crippen LogP contribution in [0.5, 0.6) is 11.5 Å². The highest BCUT2D eigenvalue weighted by Gasteiger charge is 2.38. The van der Waals surface area contributed by atoms with E-state index in [2.05, 4.69) is 0 Å². The lowest BCUT2D eigenvalue weighted by molar-refractivity contribution is -0.136. The number of thiophene rings is 1. The van der Waals surface area contributed by atoms with Crippen LogP contribution in [-0.4, -0.2) is 43.0 Å². The maximum absolute atomic E-state index is 13.7. The van der Waals surface area contributed by atoms with Gasteiger partial charge in [-0.15, -0.1) is 11.3 Å². The summed E-state index contributed by atoms with van der Waals surface area (Å²) < 4.78 is 11.4. The Labute approximate surface area is 180 Å². The molecule has 3 heterocycles. The number of benzene rings is 1. The summed E-state index contributed by atoms with van der Waals surface area (Å²) in [6.45, 7) is 2.87. The Hall–Kier alpha value is -2.54. The van der Waals surface area contributed by atoms with Gasteiger partial charge in [-0.2, -0.15) is 0 Å². The highest BCUT2D eigenvalue weighted by molar-refractivity contribution is 7.09. The summed E-state index contributed by atoms with van der Waals surface area (Å²) in [5.41, 5.74) is 0.809. The Morgan fingerprint density at radius 2 is 1.90 bits per heavy atom. The predicted octanol–water partition coefficient (Wildman–Crippen LogP) is 3.70. The number of anilines is 1. The molecule has 1 saturated carbocycles. The van der Waals surface area contributed by atoms with Crippen LogP contribution in [0, 0.1) is 11.8 Å². The zero-order valence-corrected chi connectivity index (χ0v) is 17.7. The third-order valence-corrected chi connectivity index (χ3v) is 6.87. The molecule has 2 aromatic rings. The average Bonchev–Trinajstić information content (AvgIpc) is 3.52. The van der Waals surface area contributed by atoms with Crippen LogP contribution in [-0.2, 0) is 16.1 Å². The molecule has 0 N–H and O–H groups in total. The predicted molar refractivity (Wildman–Crippen MR) is 115 cm³/mol. The Balaban J connectivity index is 1.39. The number of hydrogen-bond donors (Lipinski definition) is 0. The lowest BCUT2D eigenvalue weighted by Gasteiger charge is -2.35. The van der Waals surface area contributed by atoms with E-state index in [0.29, 0.717) is 37.8 Å². The molecule has 1 aromatic heterocycles. The Kier molecular flexibility index (Phi) is 5.37. The number of amides is 2. The number of carbonyl (C=O) groups excluding carboxylic acids is 2. The second-order valence-electron chi connectivity index (χ2n) is 8.23. The zero-order chi connectivity index (χ0) is 20.5. The van der Waals surface area contributed by atoms with Crippen molar-refractivity contribution in [2.45, 2.75) is 32.2 Å². The molecule has 1 atom stereocenters.